The Morgan fingerprint density at radius 1 is 1.12 bits per heavy atom. The first kappa shape index (κ1) is 16.7. The number of aliphatic hydroxyl groups is 1. The van der Waals surface area contributed by atoms with Crippen LogP contribution < -0.4 is 10.6 Å². The van der Waals surface area contributed by atoms with E-state index in [0.717, 1.165) is 16.6 Å². The van der Waals surface area contributed by atoms with E-state index < -0.39 is 0 Å². The lowest BCUT2D eigenvalue weighted by Gasteiger charge is -2.11. The lowest BCUT2D eigenvalue weighted by molar-refractivity contribution is 0.0601. The van der Waals surface area contributed by atoms with Gasteiger partial charge in [-0.25, -0.2) is 9.78 Å². The molecule has 0 fully saturated rings. The number of hydrogen-bond acceptors (Lipinski definition) is 7. The molecule has 1 aromatic heterocycles. The van der Waals surface area contributed by atoms with Gasteiger partial charge in [0.05, 0.1) is 24.8 Å². The molecule has 3 N–H and O–H groups in total. The third-order valence-corrected chi connectivity index (χ3v) is 3.57. The van der Waals surface area contributed by atoms with Crippen LogP contribution in [-0.2, 0) is 4.74 Å². The van der Waals surface area contributed by atoms with Gasteiger partial charge in [0.1, 0.15) is 5.82 Å². The van der Waals surface area contributed by atoms with Gasteiger partial charge in [0.2, 0.25) is 5.95 Å². The second kappa shape index (κ2) is 7.59. The van der Waals surface area contributed by atoms with E-state index in [4.69, 9.17) is 5.11 Å². The van der Waals surface area contributed by atoms with Gasteiger partial charge < -0.3 is 20.5 Å². The fourth-order valence-electron chi connectivity index (χ4n) is 2.38. The van der Waals surface area contributed by atoms with E-state index in [0.29, 0.717) is 23.9 Å². The number of carbonyl (C=O) groups is 1. The number of anilines is 3. The van der Waals surface area contributed by atoms with E-state index in [1.54, 1.807) is 24.3 Å². The van der Waals surface area contributed by atoms with Crippen LogP contribution in [0.1, 0.15) is 10.4 Å². The van der Waals surface area contributed by atoms with Crippen molar-refractivity contribution in [2.45, 2.75) is 0 Å². The van der Waals surface area contributed by atoms with Crippen molar-refractivity contribution in [3.63, 3.8) is 0 Å². The quantitative estimate of drug-likeness (QED) is 0.594. The number of esters is 1. The van der Waals surface area contributed by atoms with E-state index in [1.807, 2.05) is 24.3 Å². The monoisotopic (exact) mass is 338 g/mol. The van der Waals surface area contributed by atoms with Crippen molar-refractivity contribution in [1.29, 1.82) is 0 Å². The molecule has 0 saturated carbocycles. The molecule has 0 atom stereocenters. The first-order valence-corrected chi connectivity index (χ1v) is 7.78. The molecule has 0 unspecified atom stereocenters. The van der Waals surface area contributed by atoms with Crippen LogP contribution >= 0.6 is 0 Å². The molecule has 1 heterocycles. The van der Waals surface area contributed by atoms with Crippen LogP contribution in [0.4, 0.5) is 17.5 Å². The summed E-state index contributed by atoms with van der Waals surface area (Å²) in [6, 6.07) is 14.5. The minimum absolute atomic E-state index is 0.0100. The van der Waals surface area contributed by atoms with Gasteiger partial charge in [0.25, 0.3) is 0 Å². The molecule has 0 radical (unpaired) electrons. The van der Waals surface area contributed by atoms with Gasteiger partial charge in [-0.05, 0) is 36.4 Å². The number of nitrogens with zero attached hydrogens (tertiary/aromatic N) is 2. The van der Waals surface area contributed by atoms with Gasteiger partial charge in [-0.15, -0.1) is 0 Å². The van der Waals surface area contributed by atoms with Crippen LogP contribution in [0.25, 0.3) is 10.9 Å². The molecule has 0 aliphatic heterocycles. The van der Waals surface area contributed by atoms with E-state index in [1.165, 1.54) is 7.11 Å². The van der Waals surface area contributed by atoms with Crippen molar-refractivity contribution < 1.29 is 14.6 Å². The average molecular weight is 338 g/mol. The molecule has 2 aromatic carbocycles. The standard InChI is InChI=1S/C18H18N4O3/c1-25-17(24)12-6-8-13(9-7-12)20-18-21-15-5-3-2-4-14(15)16(22-18)19-10-11-23/h2-9,23H,10-11H2,1H3,(H2,19,20,21,22). The molecule has 25 heavy (non-hydrogen) atoms. The van der Waals surface area contributed by atoms with Crippen molar-refractivity contribution in [2.24, 2.45) is 0 Å². The second-order valence-corrected chi connectivity index (χ2v) is 5.26. The van der Waals surface area contributed by atoms with Crippen LogP contribution in [0.5, 0.6) is 0 Å². The number of methoxy groups -OCH3 is 1. The molecule has 3 aromatic rings. The Bertz CT molecular complexity index is 881. The zero-order chi connectivity index (χ0) is 17.6. The number of carbonyl (C=O) groups excluding carboxylic acids is 1. The maximum absolute atomic E-state index is 11.5. The molecular formula is C18H18N4O3. The maximum atomic E-state index is 11.5. The highest BCUT2D eigenvalue weighted by Crippen LogP contribution is 2.23. The Morgan fingerprint density at radius 2 is 1.88 bits per heavy atom. The summed E-state index contributed by atoms with van der Waals surface area (Å²) in [6.07, 6.45) is 0. The van der Waals surface area contributed by atoms with Crippen LogP contribution in [0.2, 0.25) is 0 Å². The highest BCUT2D eigenvalue weighted by molar-refractivity contribution is 5.91. The number of benzene rings is 2. The van der Waals surface area contributed by atoms with Gasteiger partial charge in [-0.3, -0.25) is 0 Å². The summed E-state index contributed by atoms with van der Waals surface area (Å²) in [5.74, 6) is 0.683. The fourth-order valence-corrected chi connectivity index (χ4v) is 2.38. The van der Waals surface area contributed by atoms with Gasteiger partial charge >= 0.3 is 5.97 Å². The molecular weight excluding hydrogens is 320 g/mol. The zero-order valence-corrected chi connectivity index (χ0v) is 13.7. The van der Waals surface area contributed by atoms with Crippen molar-refractivity contribution in [1.82, 2.24) is 9.97 Å². The summed E-state index contributed by atoms with van der Waals surface area (Å²) in [7, 11) is 1.35. The fraction of sp³-hybridized carbons (Fsp3) is 0.167. The largest absolute Gasteiger partial charge is 0.465 e. The summed E-state index contributed by atoms with van der Waals surface area (Å²) in [5.41, 5.74) is 2.00. The van der Waals surface area contributed by atoms with E-state index in [9.17, 15) is 4.79 Å². The predicted molar refractivity (Wildman–Crippen MR) is 96.2 cm³/mol. The van der Waals surface area contributed by atoms with Crippen molar-refractivity contribution in [3.05, 3.63) is 54.1 Å². The van der Waals surface area contributed by atoms with E-state index in [-0.39, 0.29) is 12.6 Å². The van der Waals surface area contributed by atoms with Gasteiger partial charge in [-0.2, -0.15) is 4.98 Å². The average Bonchev–Trinajstić information content (AvgIpc) is 2.66. The van der Waals surface area contributed by atoms with Crippen LogP contribution in [0.3, 0.4) is 0 Å². The number of fused-ring (bicyclic) bond motifs is 1. The van der Waals surface area contributed by atoms with Crippen LogP contribution in [0.15, 0.2) is 48.5 Å². The smallest absolute Gasteiger partial charge is 0.337 e. The minimum Gasteiger partial charge on any atom is -0.465 e. The molecule has 0 bridgehead atoms. The molecule has 0 aliphatic carbocycles. The predicted octanol–water partition coefficient (Wildman–Crippen LogP) is 2.56. The SMILES string of the molecule is COC(=O)c1ccc(Nc2nc(NCCO)c3ccccc3n2)cc1. The number of ether oxygens (including phenoxy) is 1. The molecule has 7 nitrogen and oxygen atoms in total. The van der Waals surface area contributed by atoms with Gasteiger partial charge in [0.15, 0.2) is 0 Å². The molecule has 0 saturated heterocycles. The first-order valence-electron chi connectivity index (χ1n) is 7.78. The Labute approximate surface area is 144 Å². The number of aliphatic hydroxyl groups excluding tert-OH is 1. The number of para-hydroxylation sites is 1. The molecule has 0 amide bonds. The van der Waals surface area contributed by atoms with E-state index in [2.05, 4.69) is 25.3 Å². The Morgan fingerprint density at radius 3 is 2.60 bits per heavy atom. The molecule has 0 aliphatic rings. The summed E-state index contributed by atoms with van der Waals surface area (Å²) >= 11 is 0. The Hall–Kier alpha value is -3.19. The van der Waals surface area contributed by atoms with Gasteiger partial charge in [-0.1, -0.05) is 12.1 Å². The Kier molecular flexibility index (Phi) is 5.06. The van der Waals surface area contributed by atoms with Gasteiger partial charge in [0, 0.05) is 17.6 Å². The topological polar surface area (TPSA) is 96.4 Å². The number of hydrogen-bond donors (Lipinski definition) is 3. The highest BCUT2D eigenvalue weighted by Gasteiger charge is 2.08. The summed E-state index contributed by atoms with van der Waals surface area (Å²) in [6.45, 7) is 0.407. The van der Waals surface area contributed by atoms with Crippen molar-refractivity contribution >= 4 is 34.3 Å². The van der Waals surface area contributed by atoms with Crippen molar-refractivity contribution in [3.8, 4) is 0 Å². The lowest BCUT2D eigenvalue weighted by atomic mass is 10.2. The summed E-state index contributed by atoms with van der Waals surface area (Å²) < 4.78 is 4.68. The molecule has 128 valence electrons. The normalized spacial score (nSPS) is 10.5. The Balaban J connectivity index is 1.89. The minimum atomic E-state index is -0.385. The summed E-state index contributed by atoms with van der Waals surface area (Å²) in [5, 5.41) is 16.1. The summed E-state index contributed by atoms with van der Waals surface area (Å²) in [4.78, 5) is 20.4. The van der Waals surface area contributed by atoms with Crippen LogP contribution in [0, 0.1) is 0 Å². The third-order valence-electron chi connectivity index (χ3n) is 3.57. The first-order chi connectivity index (χ1) is 12.2. The zero-order valence-electron chi connectivity index (χ0n) is 13.7. The lowest BCUT2D eigenvalue weighted by Crippen LogP contribution is -2.09. The van der Waals surface area contributed by atoms with E-state index >= 15 is 0 Å². The number of rotatable bonds is 6. The number of nitrogens with one attached hydrogen (secondary N) is 2. The maximum Gasteiger partial charge on any atom is 0.337 e. The molecule has 3 rings (SSSR count). The van der Waals surface area contributed by atoms with Crippen molar-refractivity contribution in [2.75, 3.05) is 30.9 Å². The molecule has 7 heteroatoms. The third kappa shape index (κ3) is 3.84. The number of aromatic nitrogens is 2. The highest BCUT2D eigenvalue weighted by atomic mass is 16.5. The second-order valence-electron chi connectivity index (χ2n) is 5.26. The van der Waals surface area contributed by atoms with Crippen LogP contribution in [-0.4, -0.2) is 41.3 Å². The molecule has 0 spiro atoms.